The summed E-state index contributed by atoms with van der Waals surface area (Å²) < 4.78 is 22.2. The molecule has 0 bridgehead atoms. The van der Waals surface area contributed by atoms with Crippen molar-refractivity contribution in [2.75, 3.05) is 0 Å². The van der Waals surface area contributed by atoms with Gasteiger partial charge in [0.15, 0.2) is 0 Å². The van der Waals surface area contributed by atoms with Gasteiger partial charge in [0.2, 0.25) is 10.0 Å². The van der Waals surface area contributed by atoms with Gasteiger partial charge in [-0.25, -0.2) is 13.6 Å². The van der Waals surface area contributed by atoms with Crippen LogP contribution in [0.5, 0.6) is 0 Å². The van der Waals surface area contributed by atoms with Crippen molar-refractivity contribution in [3.63, 3.8) is 0 Å². The van der Waals surface area contributed by atoms with Crippen molar-refractivity contribution in [3.8, 4) is 0 Å². The lowest BCUT2D eigenvalue weighted by Gasteiger charge is -2.03. The lowest BCUT2D eigenvalue weighted by atomic mass is 10.2. The Morgan fingerprint density at radius 1 is 1.47 bits per heavy atom. The Hall–Kier alpha value is -0.990. The van der Waals surface area contributed by atoms with E-state index in [1.807, 2.05) is 0 Å². The van der Waals surface area contributed by atoms with Crippen LogP contribution < -0.4 is 5.14 Å². The van der Waals surface area contributed by atoms with Crippen LogP contribution in [0.15, 0.2) is 21.5 Å². The minimum absolute atomic E-state index is 0.0855. The van der Waals surface area contributed by atoms with Crippen LogP contribution >= 0.6 is 15.9 Å². The molecule has 0 aromatic heterocycles. The highest BCUT2D eigenvalue weighted by atomic mass is 79.9. The molecule has 1 rings (SSSR count). The van der Waals surface area contributed by atoms with Gasteiger partial charge in [-0.1, -0.05) is 0 Å². The normalized spacial score (nSPS) is 11.4. The van der Waals surface area contributed by atoms with Crippen molar-refractivity contribution in [2.24, 2.45) is 5.14 Å². The first kappa shape index (κ1) is 12.1. The second-order valence-corrected chi connectivity index (χ2v) is 5.26. The number of halogens is 1. The highest BCUT2D eigenvalue weighted by molar-refractivity contribution is 9.10. The molecule has 0 fully saturated rings. The molecule has 1 aromatic carbocycles. The molecule has 8 heteroatoms. The predicted molar refractivity (Wildman–Crippen MR) is 56.9 cm³/mol. The molecular formula is C7H7BrN2O4S. The first-order valence-corrected chi connectivity index (χ1v) is 6.04. The third kappa shape index (κ3) is 2.52. The standard InChI is InChI=1S/C7H7BrN2O4S/c1-4-2-7(15(9,13)14)5(8)3-6(4)10(11)12/h2-3H,1H3,(H2,9,13,14). The van der Waals surface area contributed by atoms with E-state index in [1.54, 1.807) is 0 Å². The van der Waals surface area contributed by atoms with Crippen molar-refractivity contribution < 1.29 is 13.3 Å². The molecule has 0 unspecified atom stereocenters. The zero-order valence-corrected chi connectivity index (χ0v) is 10.0. The van der Waals surface area contributed by atoms with Crippen molar-refractivity contribution in [2.45, 2.75) is 11.8 Å². The van der Waals surface area contributed by atoms with E-state index in [1.165, 1.54) is 6.92 Å². The van der Waals surface area contributed by atoms with E-state index in [2.05, 4.69) is 15.9 Å². The number of sulfonamides is 1. The Kier molecular flexibility index (Phi) is 3.12. The number of hydrogen-bond donors (Lipinski definition) is 1. The summed E-state index contributed by atoms with van der Waals surface area (Å²) in [5, 5.41) is 15.5. The number of nitrogens with zero attached hydrogens (tertiary/aromatic N) is 1. The van der Waals surface area contributed by atoms with Gasteiger partial charge in [0, 0.05) is 16.1 Å². The number of nitro benzene ring substituents is 1. The second kappa shape index (κ2) is 3.87. The van der Waals surface area contributed by atoms with Crippen LogP contribution in [0.25, 0.3) is 0 Å². The van der Waals surface area contributed by atoms with Gasteiger partial charge in [0.05, 0.1) is 9.82 Å². The molecule has 0 amide bonds. The molecule has 2 N–H and O–H groups in total. The number of aryl methyl sites for hydroxylation is 1. The quantitative estimate of drug-likeness (QED) is 0.656. The first-order chi connectivity index (χ1) is 6.73. The highest BCUT2D eigenvalue weighted by Crippen LogP contribution is 2.29. The van der Waals surface area contributed by atoms with Crippen molar-refractivity contribution in [1.82, 2.24) is 0 Å². The smallest absolute Gasteiger partial charge is 0.258 e. The van der Waals surface area contributed by atoms with Crippen molar-refractivity contribution in [1.29, 1.82) is 0 Å². The highest BCUT2D eigenvalue weighted by Gasteiger charge is 2.19. The van der Waals surface area contributed by atoms with Crippen LogP contribution in [0.4, 0.5) is 5.69 Å². The van der Waals surface area contributed by atoms with Gasteiger partial charge in [0.25, 0.3) is 5.69 Å². The Morgan fingerprint density at radius 2 is 2.00 bits per heavy atom. The molecule has 1 aromatic rings. The average Bonchev–Trinajstić information content (AvgIpc) is 2.06. The average molecular weight is 295 g/mol. The maximum absolute atomic E-state index is 11.1. The molecule has 0 aliphatic heterocycles. The first-order valence-electron chi connectivity index (χ1n) is 3.71. The summed E-state index contributed by atoms with van der Waals surface area (Å²) in [4.78, 5) is 9.79. The number of hydrogen-bond acceptors (Lipinski definition) is 4. The number of rotatable bonds is 2. The van der Waals surface area contributed by atoms with Gasteiger partial charge in [-0.15, -0.1) is 0 Å². The third-order valence-electron chi connectivity index (χ3n) is 1.75. The number of nitrogens with two attached hydrogens (primary N) is 1. The molecule has 0 saturated heterocycles. The van der Waals surface area contributed by atoms with Crippen LogP contribution in [0.2, 0.25) is 0 Å². The summed E-state index contributed by atoms with van der Waals surface area (Å²) in [6.07, 6.45) is 0. The molecule has 0 atom stereocenters. The lowest BCUT2D eigenvalue weighted by molar-refractivity contribution is -0.385. The maximum Gasteiger partial charge on any atom is 0.273 e. The molecule has 0 saturated carbocycles. The SMILES string of the molecule is Cc1cc(S(N)(=O)=O)c(Br)cc1[N+](=O)[O-]. The second-order valence-electron chi connectivity index (χ2n) is 2.87. The van der Waals surface area contributed by atoms with Gasteiger partial charge >= 0.3 is 0 Å². The molecule has 82 valence electrons. The van der Waals surface area contributed by atoms with Gasteiger partial charge < -0.3 is 0 Å². The number of nitro groups is 1. The number of primary sulfonamides is 1. The van der Waals surface area contributed by atoms with Gasteiger partial charge in [-0.2, -0.15) is 0 Å². The summed E-state index contributed by atoms with van der Waals surface area (Å²) in [6.45, 7) is 1.44. The van der Waals surface area contributed by atoms with Crippen LogP contribution in [0.1, 0.15) is 5.56 Å². The fraction of sp³-hybridized carbons (Fsp3) is 0.143. The zero-order valence-electron chi connectivity index (χ0n) is 7.60. The zero-order chi connectivity index (χ0) is 11.8. The minimum atomic E-state index is -3.87. The summed E-state index contributed by atoms with van der Waals surface area (Å²) in [5.41, 5.74) is 0.0847. The monoisotopic (exact) mass is 294 g/mol. The van der Waals surface area contributed by atoms with E-state index in [4.69, 9.17) is 5.14 Å². The Balaban J connectivity index is 3.52. The van der Waals surface area contributed by atoms with Crippen LogP contribution in [0, 0.1) is 17.0 Å². The van der Waals surface area contributed by atoms with Gasteiger partial charge in [0.1, 0.15) is 0 Å². The van der Waals surface area contributed by atoms with E-state index in [9.17, 15) is 18.5 Å². The fourth-order valence-corrected chi connectivity index (χ4v) is 2.74. The Labute approximate surface area is 94.4 Å². The fourth-order valence-electron chi connectivity index (χ4n) is 1.06. The summed E-state index contributed by atoms with van der Waals surface area (Å²) in [6, 6.07) is 2.28. The van der Waals surface area contributed by atoms with Gasteiger partial charge in [-0.05, 0) is 28.9 Å². The Morgan fingerprint density at radius 3 is 2.40 bits per heavy atom. The molecule has 6 nitrogen and oxygen atoms in total. The topological polar surface area (TPSA) is 103 Å². The molecule has 0 radical (unpaired) electrons. The lowest BCUT2D eigenvalue weighted by Crippen LogP contribution is -2.13. The maximum atomic E-state index is 11.1. The molecular weight excluding hydrogens is 288 g/mol. The summed E-state index contributed by atoms with van der Waals surface area (Å²) >= 11 is 2.92. The van der Waals surface area contributed by atoms with Crippen LogP contribution in [-0.4, -0.2) is 13.3 Å². The van der Waals surface area contributed by atoms with E-state index < -0.39 is 14.9 Å². The van der Waals surface area contributed by atoms with Crippen molar-refractivity contribution >= 4 is 31.6 Å². The largest absolute Gasteiger partial charge is 0.273 e. The van der Waals surface area contributed by atoms with Crippen molar-refractivity contribution in [3.05, 3.63) is 32.3 Å². The third-order valence-corrected chi connectivity index (χ3v) is 3.62. The molecule has 0 heterocycles. The van der Waals surface area contributed by atoms with E-state index in [0.717, 1.165) is 12.1 Å². The summed E-state index contributed by atoms with van der Waals surface area (Å²) in [5.74, 6) is 0. The molecule has 0 spiro atoms. The van der Waals surface area contributed by atoms with E-state index in [0.29, 0.717) is 0 Å². The Bertz CT molecular complexity index is 526. The van der Waals surface area contributed by atoms with Gasteiger partial charge in [-0.3, -0.25) is 10.1 Å². The minimum Gasteiger partial charge on any atom is -0.258 e. The van der Waals surface area contributed by atoms with Crippen LogP contribution in [-0.2, 0) is 10.0 Å². The number of benzene rings is 1. The van der Waals surface area contributed by atoms with E-state index >= 15 is 0 Å². The predicted octanol–water partition coefficient (Wildman–Crippen LogP) is 1.31. The summed E-state index contributed by atoms with van der Waals surface area (Å²) in [7, 11) is -3.87. The molecule has 0 aliphatic carbocycles. The molecule has 0 aliphatic rings. The molecule has 15 heavy (non-hydrogen) atoms. The van der Waals surface area contributed by atoms with Crippen LogP contribution in [0.3, 0.4) is 0 Å². The van der Waals surface area contributed by atoms with E-state index in [-0.39, 0.29) is 20.6 Å².